The van der Waals surface area contributed by atoms with Crippen molar-refractivity contribution in [2.45, 2.75) is 18.6 Å². The summed E-state index contributed by atoms with van der Waals surface area (Å²) in [6.45, 7) is 0. The maximum absolute atomic E-state index is 11.3. The molecular weight excluding hydrogens is 284 g/mol. The van der Waals surface area contributed by atoms with Gasteiger partial charge in [0, 0.05) is 12.5 Å². The first kappa shape index (κ1) is 14.4. The van der Waals surface area contributed by atoms with Gasteiger partial charge in [0.2, 0.25) is 0 Å². The van der Waals surface area contributed by atoms with E-state index in [1.165, 1.54) is 13.2 Å². The zero-order chi connectivity index (χ0) is 15.7. The number of aromatic hydroxyl groups is 1. The predicted molar refractivity (Wildman–Crippen MR) is 79.4 cm³/mol. The van der Waals surface area contributed by atoms with Crippen LogP contribution in [0.15, 0.2) is 36.4 Å². The fourth-order valence-corrected chi connectivity index (χ4v) is 2.76. The van der Waals surface area contributed by atoms with Gasteiger partial charge in [-0.1, -0.05) is 30.3 Å². The number of aliphatic hydroxyl groups excluding tert-OH is 1. The lowest BCUT2D eigenvalue weighted by Gasteiger charge is -2.32. The molecule has 0 saturated heterocycles. The van der Waals surface area contributed by atoms with Crippen molar-refractivity contribution < 1.29 is 24.5 Å². The second-order valence-corrected chi connectivity index (χ2v) is 5.14. The molecule has 0 aromatic heterocycles. The molecule has 0 amide bonds. The molecule has 1 aliphatic heterocycles. The van der Waals surface area contributed by atoms with Gasteiger partial charge in [0.25, 0.3) is 0 Å². The van der Waals surface area contributed by atoms with Crippen LogP contribution in [0.5, 0.6) is 17.2 Å². The Morgan fingerprint density at radius 1 is 1.32 bits per heavy atom. The molecule has 0 fully saturated rings. The minimum atomic E-state index is -0.844. The topological polar surface area (TPSA) is 76.0 Å². The number of aliphatic hydroxyl groups is 1. The molecule has 0 spiro atoms. The van der Waals surface area contributed by atoms with Gasteiger partial charge in [0.05, 0.1) is 24.3 Å². The lowest BCUT2D eigenvalue weighted by Crippen LogP contribution is -2.21. The largest absolute Gasteiger partial charge is 0.507 e. The van der Waals surface area contributed by atoms with Crippen LogP contribution in [0, 0.1) is 0 Å². The van der Waals surface area contributed by atoms with Crippen molar-refractivity contribution in [3.8, 4) is 17.2 Å². The Kier molecular flexibility index (Phi) is 3.73. The summed E-state index contributed by atoms with van der Waals surface area (Å²) >= 11 is 0. The highest BCUT2D eigenvalue weighted by molar-refractivity contribution is 5.86. The molecule has 0 radical (unpaired) electrons. The number of methoxy groups -OCH3 is 1. The highest BCUT2D eigenvalue weighted by Gasteiger charge is 2.34. The highest BCUT2D eigenvalue weighted by atomic mass is 16.5. The first-order chi connectivity index (χ1) is 10.7. The molecular formula is C17H16O5. The summed E-state index contributed by atoms with van der Waals surface area (Å²) in [5.41, 5.74) is 1.32. The van der Waals surface area contributed by atoms with Crippen molar-refractivity contribution in [1.82, 2.24) is 0 Å². The third-order valence-corrected chi connectivity index (χ3v) is 3.84. The minimum absolute atomic E-state index is 0.0236. The van der Waals surface area contributed by atoms with Crippen LogP contribution < -0.4 is 9.47 Å². The lowest BCUT2D eigenvalue weighted by atomic mass is 9.92. The van der Waals surface area contributed by atoms with Crippen LogP contribution >= 0.6 is 0 Å². The van der Waals surface area contributed by atoms with E-state index in [4.69, 9.17) is 9.47 Å². The van der Waals surface area contributed by atoms with Gasteiger partial charge in [0.15, 0.2) is 6.29 Å². The van der Waals surface area contributed by atoms with E-state index in [1.807, 2.05) is 30.3 Å². The molecule has 114 valence electrons. The monoisotopic (exact) mass is 300 g/mol. The second-order valence-electron chi connectivity index (χ2n) is 5.14. The highest BCUT2D eigenvalue weighted by Crippen LogP contribution is 2.49. The Hall–Kier alpha value is -2.53. The number of fused-ring (bicyclic) bond motifs is 1. The maximum Gasteiger partial charge on any atom is 0.157 e. The predicted octanol–water partition coefficient (Wildman–Crippen LogP) is 2.77. The Morgan fingerprint density at radius 3 is 2.68 bits per heavy atom. The summed E-state index contributed by atoms with van der Waals surface area (Å²) in [4.78, 5) is 11.3. The summed E-state index contributed by atoms with van der Waals surface area (Å²) in [5.74, 6) is 0.253. The van der Waals surface area contributed by atoms with Gasteiger partial charge in [-0.2, -0.15) is 0 Å². The van der Waals surface area contributed by atoms with Crippen LogP contribution in [-0.2, 0) is 0 Å². The minimum Gasteiger partial charge on any atom is -0.507 e. The van der Waals surface area contributed by atoms with Gasteiger partial charge in [-0.15, -0.1) is 0 Å². The molecule has 2 aromatic rings. The van der Waals surface area contributed by atoms with Crippen LogP contribution in [0.2, 0.25) is 0 Å². The van der Waals surface area contributed by atoms with Crippen molar-refractivity contribution in [2.24, 2.45) is 0 Å². The lowest BCUT2D eigenvalue weighted by molar-refractivity contribution is 0.0621. The van der Waals surface area contributed by atoms with Crippen LogP contribution in [0.1, 0.15) is 40.1 Å². The van der Waals surface area contributed by atoms with Crippen molar-refractivity contribution >= 4 is 6.29 Å². The first-order valence-electron chi connectivity index (χ1n) is 6.94. The number of carbonyl (C=O) groups excluding carboxylic acids is 1. The van der Waals surface area contributed by atoms with Gasteiger partial charge in [-0.05, 0) is 5.56 Å². The van der Waals surface area contributed by atoms with Gasteiger partial charge in [-0.3, -0.25) is 4.79 Å². The molecule has 2 atom stereocenters. The molecule has 2 aromatic carbocycles. The molecule has 0 aliphatic carbocycles. The molecule has 3 rings (SSSR count). The Balaban J connectivity index is 2.12. The molecule has 0 bridgehead atoms. The molecule has 5 heteroatoms. The van der Waals surface area contributed by atoms with E-state index in [9.17, 15) is 15.0 Å². The summed E-state index contributed by atoms with van der Waals surface area (Å²) < 4.78 is 11.1. The number of hydrogen-bond acceptors (Lipinski definition) is 5. The van der Waals surface area contributed by atoms with Gasteiger partial charge >= 0.3 is 0 Å². The van der Waals surface area contributed by atoms with Gasteiger partial charge < -0.3 is 19.7 Å². The van der Waals surface area contributed by atoms with Crippen molar-refractivity contribution in [3.05, 3.63) is 53.1 Å². The molecule has 1 aliphatic rings. The maximum atomic E-state index is 11.3. The third kappa shape index (κ3) is 2.29. The van der Waals surface area contributed by atoms with Crippen molar-refractivity contribution in [2.75, 3.05) is 7.11 Å². The fourth-order valence-electron chi connectivity index (χ4n) is 2.76. The third-order valence-electron chi connectivity index (χ3n) is 3.84. The molecule has 22 heavy (non-hydrogen) atoms. The average Bonchev–Trinajstić information content (AvgIpc) is 2.54. The fraction of sp³-hybridized carbons (Fsp3) is 0.235. The molecule has 1 heterocycles. The van der Waals surface area contributed by atoms with E-state index in [-0.39, 0.29) is 17.1 Å². The van der Waals surface area contributed by atoms with E-state index in [0.29, 0.717) is 24.0 Å². The number of phenolic OH excluding ortho intramolecular Hbond substituents is 1. The Morgan fingerprint density at radius 2 is 2.05 bits per heavy atom. The average molecular weight is 300 g/mol. The van der Waals surface area contributed by atoms with E-state index in [1.54, 1.807) is 0 Å². The van der Waals surface area contributed by atoms with E-state index >= 15 is 0 Å². The normalized spacial score (nSPS) is 19.9. The smallest absolute Gasteiger partial charge is 0.157 e. The SMILES string of the molecule is COc1cc(O)c(C=O)c2c1[C@H](O)C[C@@H](c1ccccc1)O2. The molecule has 0 unspecified atom stereocenters. The van der Waals surface area contributed by atoms with Gasteiger partial charge in [-0.25, -0.2) is 0 Å². The second kappa shape index (κ2) is 5.69. The molecule has 5 nitrogen and oxygen atoms in total. The van der Waals surface area contributed by atoms with Crippen LogP contribution in [0.4, 0.5) is 0 Å². The molecule has 0 saturated carbocycles. The Labute approximate surface area is 127 Å². The first-order valence-corrected chi connectivity index (χ1v) is 6.94. The molecule has 2 N–H and O–H groups in total. The van der Waals surface area contributed by atoms with E-state index in [0.717, 1.165) is 5.56 Å². The van der Waals surface area contributed by atoms with Gasteiger partial charge in [0.1, 0.15) is 23.4 Å². The van der Waals surface area contributed by atoms with E-state index < -0.39 is 12.2 Å². The Bertz CT molecular complexity index is 696. The number of aldehydes is 1. The van der Waals surface area contributed by atoms with Crippen molar-refractivity contribution in [1.29, 1.82) is 0 Å². The zero-order valence-corrected chi connectivity index (χ0v) is 12.0. The van der Waals surface area contributed by atoms with Crippen LogP contribution in [-0.4, -0.2) is 23.6 Å². The number of rotatable bonds is 3. The number of benzene rings is 2. The summed E-state index contributed by atoms with van der Waals surface area (Å²) in [6, 6.07) is 10.8. The van der Waals surface area contributed by atoms with Crippen molar-refractivity contribution in [3.63, 3.8) is 0 Å². The zero-order valence-electron chi connectivity index (χ0n) is 12.0. The number of ether oxygens (including phenoxy) is 2. The number of carbonyl (C=O) groups is 1. The number of phenols is 1. The van der Waals surface area contributed by atoms with E-state index in [2.05, 4.69) is 0 Å². The number of hydrogen-bond donors (Lipinski definition) is 2. The van der Waals surface area contributed by atoms with Crippen LogP contribution in [0.3, 0.4) is 0 Å². The van der Waals surface area contributed by atoms with Crippen LogP contribution in [0.25, 0.3) is 0 Å². The quantitative estimate of drug-likeness (QED) is 0.852. The summed E-state index contributed by atoms with van der Waals surface area (Å²) in [5, 5.41) is 20.4. The standard InChI is InChI=1S/C17H16O5/c1-21-15-7-12(19)11(9-18)17-16(15)13(20)8-14(22-17)10-5-3-2-4-6-10/h2-7,9,13-14,19-20H,8H2,1H3/t13-,14+/m1/s1. The summed E-state index contributed by atoms with van der Waals surface area (Å²) in [6.07, 6.45) is -0.374. The summed E-state index contributed by atoms with van der Waals surface area (Å²) in [7, 11) is 1.44.